The monoisotopic (exact) mass is 329 g/mol. The first-order chi connectivity index (χ1) is 11.6. The van der Waals surface area contributed by atoms with Crippen LogP contribution in [0.2, 0.25) is 0 Å². The van der Waals surface area contributed by atoms with Crippen molar-refractivity contribution < 1.29 is 9.53 Å². The largest absolute Gasteiger partial charge is 0.493 e. The highest BCUT2D eigenvalue weighted by Gasteiger charge is 2.22. The lowest BCUT2D eigenvalue weighted by molar-refractivity contribution is -0.116. The Kier molecular flexibility index (Phi) is 6.88. The highest BCUT2D eigenvalue weighted by molar-refractivity contribution is 5.93. The van der Waals surface area contributed by atoms with E-state index in [0.29, 0.717) is 24.6 Å². The van der Waals surface area contributed by atoms with E-state index in [4.69, 9.17) is 10.5 Å². The molecule has 0 saturated carbocycles. The summed E-state index contributed by atoms with van der Waals surface area (Å²) in [7, 11) is 0. The third-order valence-corrected chi connectivity index (χ3v) is 4.22. The fourth-order valence-electron chi connectivity index (χ4n) is 2.92. The number of carbonyl (C=O) groups excluding carboxylic acids is 1. The number of amides is 1. The van der Waals surface area contributed by atoms with Gasteiger partial charge in [0.2, 0.25) is 0 Å². The molecular formula is C19H27N3O2. The van der Waals surface area contributed by atoms with Crippen molar-refractivity contribution in [2.45, 2.75) is 19.8 Å². The van der Waals surface area contributed by atoms with Gasteiger partial charge in [0.25, 0.3) is 5.91 Å². The van der Waals surface area contributed by atoms with Crippen LogP contribution in [0.4, 0.5) is 0 Å². The molecular weight excluding hydrogens is 302 g/mol. The van der Waals surface area contributed by atoms with Crippen molar-refractivity contribution in [2.75, 3.05) is 26.2 Å². The summed E-state index contributed by atoms with van der Waals surface area (Å²) in [5.41, 5.74) is 6.93. The van der Waals surface area contributed by atoms with Gasteiger partial charge in [-0.25, -0.2) is 0 Å². The fraction of sp³-hybridized carbons (Fsp3) is 0.421. The lowest BCUT2D eigenvalue weighted by atomic mass is 9.98. The summed E-state index contributed by atoms with van der Waals surface area (Å²) in [6, 6.07) is 8.07. The number of aryl methyl sites for hydroxylation is 1. The molecule has 0 aromatic heterocycles. The molecule has 1 amide bonds. The van der Waals surface area contributed by atoms with E-state index in [1.54, 1.807) is 0 Å². The van der Waals surface area contributed by atoms with E-state index in [-0.39, 0.29) is 5.91 Å². The Hall–Kier alpha value is -2.27. The van der Waals surface area contributed by atoms with Gasteiger partial charge in [0, 0.05) is 37.0 Å². The summed E-state index contributed by atoms with van der Waals surface area (Å²) in [5, 5.41) is 2.59. The van der Waals surface area contributed by atoms with E-state index < -0.39 is 0 Å². The number of ether oxygens (including phenoxy) is 1. The van der Waals surface area contributed by atoms with Crippen LogP contribution in [0.15, 0.2) is 48.8 Å². The molecule has 0 aliphatic carbocycles. The summed E-state index contributed by atoms with van der Waals surface area (Å²) in [6.07, 6.45) is 4.98. The number of rotatable bonds is 7. The van der Waals surface area contributed by atoms with Gasteiger partial charge in [-0.1, -0.05) is 24.8 Å². The number of para-hydroxylation sites is 1. The highest BCUT2D eigenvalue weighted by Crippen LogP contribution is 2.21. The molecule has 130 valence electrons. The van der Waals surface area contributed by atoms with Crippen LogP contribution >= 0.6 is 0 Å². The van der Waals surface area contributed by atoms with Crippen LogP contribution in [-0.2, 0) is 4.79 Å². The van der Waals surface area contributed by atoms with Crippen molar-refractivity contribution in [2.24, 2.45) is 11.7 Å². The van der Waals surface area contributed by atoms with Crippen LogP contribution in [0, 0.1) is 12.8 Å². The van der Waals surface area contributed by atoms with Crippen LogP contribution in [0.1, 0.15) is 18.4 Å². The highest BCUT2D eigenvalue weighted by atomic mass is 16.5. The van der Waals surface area contributed by atoms with Gasteiger partial charge in [0.1, 0.15) is 5.75 Å². The van der Waals surface area contributed by atoms with Gasteiger partial charge in [-0.05, 0) is 37.9 Å². The molecule has 1 unspecified atom stereocenters. The Balaban J connectivity index is 1.80. The van der Waals surface area contributed by atoms with Crippen LogP contribution in [-0.4, -0.2) is 37.0 Å². The molecule has 1 heterocycles. The maximum Gasteiger partial charge on any atom is 0.251 e. The molecule has 1 fully saturated rings. The SMILES string of the molecule is C=C(CN1CCCC(COc2ccccc2C)C1)C(=O)N/C=C\N. The van der Waals surface area contributed by atoms with Crippen molar-refractivity contribution in [3.05, 3.63) is 54.4 Å². The lowest BCUT2D eigenvalue weighted by Crippen LogP contribution is -2.40. The predicted molar refractivity (Wildman–Crippen MR) is 96.4 cm³/mol. The molecule has 1 atom stereocenters. The molecule has 1 saturated heterocycles. The summed E-state index contributed by atoms with van der Waals surface area (Å²) < 4.78 is 5.98. The van der Waals surface area contributed by atoms with E-state index in [1.165, 1.54) is 12.4 Å². The zero-order chi connectivity index (χ0) is 17.4. The average molecular weight is 329 g/mol. The van der Waals surface area contributed by atoms with Gasteiger partial charge in [0.05, 0.1) is 6.61 Å². The quantitative estimate of drug-likeness (QED) is 0.753. The van der Waals surface area contributed by atoms with E-state index in [1.807, 2.05) is 18.2 Å². The second-order valence-corrected chi connectivity index (χ2v) is 6.26. The van der Waals surface area contributed by atoms with Crippen LogP contribution < -0.4 is 15.8 Å². The van der Waals surface area contributed by atoms with Crippen molar-refractivity contribution >= 4 is 5.91 Å². The minimum Gasteiger partial charge on any atom is -0.493 e. The van der Waals surface area contributed by atoms with E-state index >= 15 is 0 Å². The average Bonchev–Trinajstić information content (AvgIpc) is 2.59. The van der Waals surface area contributed by atoms with Crippen molar-refractivity contribution in [1.82, 2.24) is 10.2 Å². The molecule has 1 aliphatic heterocycles. The Labute approximate surface area is 144 Å². The second-order valence-electron chi connectivity index (χ2n) is 6.26. The first-order valence-electron chi connectivity index (χ1n) is 8.36. The second kappa shape index (κ2) is 9.13. The Morgan fingerprint density at radius 1 is 1.50 bits per heavy atom. The minimum atomic E-state index is -0.185. The van der Waals surface area contributed by atoms with Crippen molar-refractivity contribution in [3.8, 4) is 5.75 Å². The maximum atomic E-state index is 11.8. The standard InChI is InChI=1S/C19H27N3O2/c1-15-6-3-4-8-18(15)24-14-17-7-5-11-22(13-17)12-16(2)19(23)21-10-9-20/h3-4,6,8-10,17H,2,5,7,11-14,20H2,1H3,(H,21,23)/b10-9-. The number of nitrogens with one attached hydrogen (secondary N) is 1. The molecule has 24 heavy (non-hydrogen) atoms. The summed E-state index contributed by atoms with van der Waals surface area (Å²) >= 11 is 0. The number of hydrogen-bond donors (Lipinski definition) is 2. The molecule has 1 aromatic rings. The first-order valence-corrected chi connectivity index (χ1v) is 8.36. The van der Waals surface area contributed by atoms with Crippen LogP contribution in [0.5, 0.6) is 5.75 Å². The van der Waals surface area contributed by atoms with Crippen molar-refractivity contribution in [3.63, 3.8) is 0 Å². The molecule has 1 aliphatic rings. The van der Waals surface area contributed by atoms with Crippen molar-refractivity contribution in [1.29, 1.82) is 0 Å². The van der Waals surface area contributed by atoms with Crippen LogP contribution in [0.3, 0.4) is 0 Å². The number of piperidine rings is 1. The molecule has 3 N–H and O–H groups in total. The number of carbonyl (C=O) groups is 1. The Morgan fingerprint density at radius 3 is 3.04 bits per heavy atom. The topological polar surface area (TPSA) is 67.6 Å². The molecule has 2 rings (SSSR count). The number of nitrogens with zero attached hydrogens (tertiary/aromatic N) is 1. The van der Waals surface area contributed by atoms with E-state index in [2.05, 4.69) is 29.8 Å². The van der Waals surface area contributed by atoms with Gasteiger partial charge in [-0.15, -0.1) is 0 Å². The molecule has 0 spiro atoms. The third-order valence-electron chi connectivity index (χ3n) is 4.22. The predicted octanol–water partition coefficient (Wildman–Crippen LogP) is 2.19. The third kappa shape index (κ3) is 5.42. The van der Waals surface area contributed by atoms with Crippen LogP contribution in [0.25, 0.3) is 0 Å². The Bertz CT molecular complexity index is 598. The number of nitrogens with two attached hydrogens (primary N) is 1. The molecule has 0 bridgehead atoms. The number of hydrogen-bond acceptors (Lipinski definition) is 4. The zero-order valence-electron chi connectivity index (χ0n) is 14.3. The molecule has 0 radical (unpaired) electrons. The lowest BCUT2D eigenvalue weighted by Gasteiger charge is -2.32. The molecule has 5 heteroatoms. The Morgan fingerprint density at radius 2 is 2.29 bits per heavy atom. The molecule has 5 nitrogen and oxygen atoms in total. The van der Waals surface area contributed by atoms with E-state index in [0.717, 1.165) is 37.2 Å². The smallest absolute Gasteiger partial charge is 0.251 e. The fourth-order valence-corrected chi connectivity index (χ4v) is 2.92. The van der Waals surface area contributed by atoms with Gasteiger partial charge < -0.3 is 15.8 Å². The van der Waals surface area contributed by atoms with Gasteiger partial charge in [-0.2, -0.15) is 0 Å². The first kappa shape index (κ1) is 18.1. The number of benzene rings is 1. The summed E-state index contributed by atoms with van der Waals surface area (Å²) in [5.74, 6) is 1.24. The zero-order valence-corrected chi connectivity index (χ0v) is 14.3. The number of likely N-dealkylation sites (tertiary alicyclic amines) is 1. The van der Waals surface area contributed by atoms with Gasteiger partial charge in [0.15, 0.2) is 0 Å². The van der Waals surface area contributed by atoms with Gasteiger partial charge in [-0.3, -0.25) is 9.69 Å². The van der Waals surface area contributed by atoms with E-state index in [9.17, 15) is 4.79 Å². The summed E-state index contributed by atoms with van der Waals surface area (Å²) in [4.78, 5) is 14.1. The van der Waals surface area contributed by atoms with Gasteiger partial charge >= 0.3 is 0 Å². The molecule has 1 aromatic carbocycles. The summed E-state index contributed by atoms with van der Waals surface area (Å²) in [6.45, 7) is 9.11. The normalized spacial score (nSPS) is 18.5. The maximum absolute atomic E-state index is 11.8. The minimum absolute atomic E-state index is 0.185.